The second-order valence-electron chi connectivity index (χ2n) is 3.95. The molecule has 0 heterocycles. The largest absolute Gasteiger partial charge is 0.504 e. The highest BCUT2D eigenvalue weighted by Gasteiger charge is 2.20. The molecule has 1 rings (SSSR count). The predicted octanol–water partition coefficient (Wildman–Crippen LogP) is 0.0324. The van der Waals surface area contributed by atoms with Gasteiger partial charge in [-0.05, 0) is 18.2 Å². The van der Waals surface area contributed by atoms with Crippen LogP contribution < -0.4 is 4.90 Å². The first-order chi connectivity index (χ1) is 7.41. The van der Waals surface area contributed by atoms with Gasteiger partial charge in [-0.2, -0.15) is 0 Å². The normalized spacial score (nSPS) is 12.8. The number of hydrogen-bond acceptors (Lipinski definition) is 3. The highest BCUT2D eigenvalue weighted by molar-refractivity contribution is 6.34. The number of phenols is 2. The minimum Gasteiger partial charge on any atom is -0.504 e. The summed E-state index contributed by atoms with van der Waals surface area (Å²) >= 11 is 5.94. The topological polar surface area (TPSA) is 62.0 Å². The van der Waals surface area contributed by atoms with E-state index in [4.69, 9.17) is 16.7 Å². The van der Waals surface area contributed by atoms with Crippen LogP contribution in [0.5, 0.6) is 11.5 Å². The van der Waals surface area contributed by atoms with Crippen molar-refractivity contribution in [1.82, 2.24) is 0 Å². The van der Waals surface area contributed by atoms with Gasteiger partial charge in [0.2, 0.25) is 0 Å². The van der Waals surface area contributed by atoms with E-state index in [1.54, 1.807) is 0 Å². The number of hydrogen-bond donors (Lipinski definition) is 3. The summed E-state index contributed by atoms with van der Waals surface area (Å²) in [5.74, 6) is -0.814. The maximum atomic E-state index is 11.8. The van der Waals surface area contributed by atoms with E-state index in [2.05, 4.69) is 0 Å². The first kappa shape index (κ1) is 12.8. The molecule has 88 valence electrons. The number of Topliss-reactive ketones (excluding diaryl/α,β-unsaturated/α-hetero) is 1. The maximum Gasteiger partial charge on any atom is 0.186 e. The number of aromatic hydroxyl groups is 2. The van der Waals surface area contributed by atoms with Crippen LogP contribution in [-0.4, -0.2) is 42.0 Å². The molecule has 3 N–H and O–H groups in total. The quantitative estimate of drug-likeness (QED) is 0.398. The number of carbonyl (C=O) groups is 1. The van der Waals surface area contributed by atoms with Gasteiger partial charge in [0.1, 0.15) is 11.9 Å². The fourth-order valence-corrected chi connectivity index (χ4v) is 1.74. The molecule has 0 aliphatic carbocycles. The van der Waals surface area contributed by atoms with E-state index < -0.39 is 5.38 Å². The summed E-state index contributed by atoms with van der Waals surface area (Å²) < 4.78 is 0. The van der Waals surface area contributed by atoms with E-state index in [1.165, 1.54) is 18.2 Å². The highest BCUT2D eigenvalue weighted by atomic mass is 35.5. The number of carbonyl (C=O) groups excluding carboxylic acids is 1. The SMILES string of the molecule is C[NH+](C)C[C@@H](Cl)C(=O)c1ccc(O)c(O)c1. The molecule has 1 atom stereocenters. The summed E-state index contributed by atoms with van der Waals surface area (Å²) in [6.45, 7) is 0.502. The van der Waals surface area contributed by atoms with Crippen molar-refractivity contribution in [3.8, 4) is 11.5 Å². The fraction of sp³-hybridized carbons (Fsp3) is 0.364. The van der Waals surface area contributed by atoms with Crippen LogP contribution in [0.2, 0.25) is 0 Å². The van der Waals surface area contributed by atoms with Gasteiger partial charge < -0.3 is 15.1 Å². The second-order valence-corrected chi connectivity index (χ2v) is 4.47. The van der Waals surface area contributed by atoms with Crippen LogP contribution in [0.15, 0.2) is 18.2 Å². The average molecular weight is 245 g/mol. The van der Waals surface area contributed by atoms with Crippen molar-refractivity contribution in [2.24, 2.45) is 0 Å². The fourth-order valence-electron chi connectivity index (χ4n) is 1.31. The summed E-state index contributed by atoms with van der Waals surface area (Å²) in [6, 6.07) is 3.94. The molecule has 0 saturated heterocycles. The number of quaternary nitrogens is 1. The molecular weight excluding hydrogens is 230 g/mol. The molecule has 0 unspecified atom stereocenters. The molecule has 5 heteroatoms. The lowest BCUT2D eigenvalue weighted by Crippen LogP contribution is -3.07. The van der Waals surface area contributed by atoms with Crippen LogP contribution in [-0.2, 0) is 0 Å². The van der Waals surface area contributed by atoms with Crippen molar-refractivity contribution in [3.05, 3.63) is 23.8 Å². The first-order valence-electron chi connectivity index (χ1n) is 4.91. The third kappa shape index (κ3) is 3.12. The Morgan fingerprint density at radius 1 is 1.38 bits per heavy atom. The van der Waals surface area contributed by atoms with E-state index in [9.17, 15) is 9.90 Å². The van der Waals surface area contributed by atoms with Crippen LogP contribution in [0.3, 0.4) is 0 Å². The average Bonchev–Trinajstić information content (AvgIpc) is 2.20. The van der Waals surface area contributed by atoms with Crippen molar-refractivity contribution < 1.29 is 19.9 Å². The zero-order valence-corrected chi connectivity index (χ0v) is 9.95. The zero-order valence-electron chi connectivity index (χ0n) is 9.20. The standard InChI is InChI=1S/C11H14ClNO3/c1-13(2)6-8(12)11(16)7-3-4-9(14)10(15)5-7/h3-5,8,14-15H,6H2,1-2H3/p+1/t8-/m1/s1. The van der Waals surface area contributed by atoms with E-state index >= 15 is 0 Å². The lowest BCUT2D eigenvalue weighted by molar-refractivity contribution is -0.856. The molecule has 0 aliphatic rings. The molecule has 1 aromatic carbocycles. The Balaban J connectivity index is 2.84. The van der Waals surface area contributed by atoms with E-state index in [-0.39, 0.29) is 17.3 Å². The Kier molecular flexibility index (Phi) is 4.15. The van der Waals surface area contributed by atoms with Gasteiger partial charge in [-0.15, -0.1) is 11.6 Å². The molecule has 0 fully saturated rings. The molecular formula is C11H15ClNO3+. The van der Waals surface area contributed by atoms with Crippen LogP contribution in [0.1, 0.15) is 10.4 Å². The van der Waals surface area contributed by atoms with Crippen molar-refractivity contribution >= 4 is 17.4 Å². The van der Waals surface area contributed by atoms with Gasteiger partial charge in [0, 0.05) is 5.56 Å². The lowest BCUT2D eigenvalue weighted by atomic mass is 10.1. The van der Waals surface area contributed by atoms with Crippen LogP contribution >= 0.6 is 11.6 Å². The third-order valence-corrected chi connectivity index (χ3v) is 2.48. The van der Waals surface area contributed by atoms with Gasteiger partial charge in [-0.1, -0.05) is 0 Å². The lowest BCUT2D eigenvalue weighted by Gasteiger charge is -2.12. The minimum atomic E-state index is -0.631. The number of halogens is 1. The summed E-state index contributed by atoms with van der Waals surface area (Å²) in [5.41, 5.74) is 0.302. The molecule has 0 amide bonds. The second kappa shape index (κ2) is 5.18. The Hall–Kier alpha value is -1.26. The van der Waals surface area contributed by atoms with Crippen molar-refractivity contribution in [2.45, 2.75) is 5.38 Å². The monoisotopic (exact) mass is 244 g/mol. The highest BCUT2D eigenvalue weighted by Crippen LogP contribution is 2.25. The molecule has 16 heavy (non-hydrogen) atoms. The molecule has 0 radical (unpaired) electrons. The van der Waals surface area contributed by atoms with E-state index in [1.807, 2.05) is 14.1 Å². The number of rotatable bonds is 4. The summed E-state index contributed by atoms with van der Waals surface area (Å²) in [5, 5.41) is 17.7. The smallest absolute Gasteiger partial charge is 0.186 e. The van der Waals surface area contributed by atoms with E-state index in [0.717, 1.165) is 4.90 Å². The van der Waals surface area contributed by atoms with E-state index in [0.29, 0.717) is 12.1 Å². The molecule has 0 aromatic heterocycles. The van der Waals surface area contributed by atoms with Gasteiger partial charge in [0.25, 0.3) is 0 Å². The van der Waals surface area contributed by atoms with Crippen molar-refractivity contribution in [1.29, 1.82) is 0 Å². The Morgan fingerprint density at radius 2 is 2.00 bits per heavy atom. The summed E-state index contributed by atoms with van der Waals surface area (Å²) in [7, 11) is 3.80. The molecule has 0 aliphatic heterocycles. The Morgan fingerprint density at radius 3 is 2.50 bits per heavy atom. The molecule has 4 nitrogen and oxygen atoms in total. The van der Waals surface area contributed by atoms with Gasteiger partial charge in [-0.3, -0.25) is 4.79 Å². The summed E-state index contributed by atoms with van der Waals surface area (Å²) in [4.78, 5) is 12.9. The van der Waals surface area contributed by atoms with Gasteiger partial charge in [0.15, 0.2) is 17.3 Å². The van der Waals surface area contributed by atoms with Crippen LogP contribution in [0.25, 0.3) is 0 Å². The number of alkyl halides is 1. The zero-order chi connectivity index (χ0) is 12.3. The van der Waals surface area contributed by atoms with Gasteiger partial charge in [0.05, 0.1) is 14.1 Å². The first-order valence-corrected chi connectivity index (χ1v) is 5.34. The van der Waals surface area contributed by atoms with Crippen molar-refractivity contribution in [2.75, 3.05) is 20.6 Å². The van der Waals surface area contributed by atoms with Crippen LogP contribution in [0.4, 0.5) is 0 Å². The summed E-state index contributed by atoms with van der Waals surface area (Å²) in [6.07, 6.45) is 0. The third-order valence-electron chi connectivity index (χ3n) is 2.13. The number of nitrogens with one attached hydrogen (secondary N) is 1. The molecule has 0 spiro atoms. The van der Waals surface area contributed by atoms with Crippen LogP contribution in [0, 0.1) is 0 Å². The van der Waals surface area contributed by atoms with Gasteiger partial charge in [-0.25, -0.2) is 0 Å². The Labute approximate surface area is 99.1 Å². The minimum absolute atomic E-state index is 0.249. The number of benzene rings is 1. The number of ketones is 1. The number of phenolic OH excluding ortho intramolecular Hbond substituents is 2. The van der Waals surface area contributed by atoms with Gasteiger partial charge >= 0.3 is 0 Å². The van der Waals surface area contributed by atoms with Crippen molar-refractivity contribution in [3.63, 3.8) is 0 Å². The predicted molar refractivity (Wildman–Crippen MR) is 61.4 cm³/mol. The molecule has 0 saturated carbocycles. The Bertz CT molecular complexity index is 393. The molecule has 1 aromatic rings. The molecule has 0 bridgehead atoms. The maximum absolute atomic E-state index is 11.8.